The van der Waals surface area contributed by atoms with Gasteiger partial charge in [0.15, 0.2) is 0 Å². The number of alkyl halides is 3. The van der Waals surface area contributed by atoms with Gasteiger partial charge in [-0.25, -0.2) is 9.59 Å². The second-order valence-corrected chi connectivity index (χ2v) is 5.76. The molecule has 2 rings (SSSR count). The van der Waals surface area contributed by atoms with Crippen LogP contribution < -0.4 is 10.5 Å². The molecule has 0 fully saturated rings. The maximum Gasteiger partial charge on any atom is 0.491 e. The lowest BCUT2D eigenvalue weighted by atomic mass is 10.1. The van der Waals surface area contributed by atoms with Gasteiger partial charge in [-0.15, -0.1) is 0 Å². The van der Waals surface area contributed by atoms with E-state index in [2.05, 4.69) is 9.72 Å². The van der Waals surface area contributed by atoms with E-state index in [1.807, 2.05) is 6.92 Å². The van der Waals surface area contributed by atoms with Gasteiger partial charge in [0.05, 0.1) is 0 Å². The molecule has 0 spiro atoms. The third kappa shape index (κ3) is 5.30. The first-order valence-corrected chi connectivity index (χ1v) is 8.01. The number of ether oxygens (including phenoxy) is 2. The first-order valence-electron chi connectivity index (χ1n) is 8.01. The van der Waals surface area contributed by atoms with E-state index in [1.165, 1.54) is 6.20 Å². The molecule has 27 heavy (non-hydrogen) atoms. The summed E-state index contributed by atoms with van der Waals surface area (Å²) in [5.41, 5.74) is 6.69. The van der Waals surface area contributed by atoms with Crippen molar-refractivity contribution in [1.82, 2.24) is 4.98 Å². The molecule has 1 heterocycles. The minimum Gasteiger partial charge on any atom is -0.427 e. The second-order valence-electron chi connectivity index (χ2n) is 5.76. The summed E-state index contributed by atoms with van der Waals surface area (Å²) in [7, 11) is 0. The smallest absolute Gasteiger partial charge is 0.427 e. The van der Waals surface area contributed by atoms with E-state index < -0.39 is 30.1 Å². The normalized spacial score (nSPS) is 12.6. The zero-order valence-electron chi connectivity index (χ0n) is 14.3. The summed E-state index contributed by atoms with van der Waals surface area (Å²) in [6, 6.07) is 3.28. The van der Waals surface area contributed by atoms with E-state index in [4.69, 9.17) is 10.5 Å². The van der Waals surface area contributed by atoms with Crippen LogP contribution in [-0.4, -0.2) is 35.1 Å². The highest BCUT2D eigenvalue weighted by molar-refractivity contribution is 5.92. The number of nitrogens with one attached hydrogen (secondary N) is 1. The van der Waals surface area contributed by atoms with E-state index >= 15 is 0 Å². The Bertz CT molecular complexity index is 860. The van der Waals surface area contributed by atoms with Crippen molar-refractivity contribution in [2.75, 3.05) is 0 Å². The average Bonchev–Trinajstić information content (AvgIpc) is 2.96. The van der Waals surface area contributed by atoms with Gasteiger partial charge >= 0.3 is 24.1 Å². The van der Waals surface area contributed by atoms with Crippen LogP contribution in [-0.2, 0) is 25.5 Å². The van der Waals surface area contributed by atoms with Gasteiger partial charge in [-0.1, -0.05) is 6.92 Å². The SMILES string of the molecule is CCCC(=O)Oc1ccc2[nH]cc(C[C@H](N)C(=O)OC(=O)C(F)(F)F)c2c1. The van der Waals surface area contributed by atoms with Crippen molar-refractivity contribution in [3.63, 3.8) is 0 Å². The Labute approximate surface area is 151 Å². The Kier molecular flexibility index (Phi) is 6.21. The number of hydrogen-bond donors (Lipinski definition) is 2. The van der Waals surface area contributed by atoms with Crippen LogP contribution in [0.3, 0.4) is 0 Å². The van der Waals surface area contributed by atoms with Gasteiger partial charge in [-0.2, -0.15) is 13.2 Å². The summed E-state index contributed by atoms with van der Waals surface area (Å²) in [6.07, 6.45) is -3.07. The summed E-state index contributed by atoms with van der Waals surface area (Å²) in [5, 5.41) is 0.571. The molecular formula is C17H17F3N2O5. The van der Waals surface area contributed by atoms with Gasteiger partial charge < -0.3 is 20.2 Å². The highest BCUT2D eigenvalue weighted by Gasteiger charge is 2.43. The number of esters is 3. The van der Waals surface area contributed by atoms with Gasteiger partial charge in [0, 0.05) is 29.9 Å². The van der Waals surface area contributed by atoms with Crippen LogP contribution in [0.5, 0.6) is 5.75 Å². The first-order chi connectivity index (χ1) is 12.6. The van der Waals surface area contributed by atoms with Crippen LogP contribution in [0, 0.1) is 0 Å². The molecule has 0 unspecified atom stereocenters. The van der Waals surface area contributed by atoms with E-state index in [0.29, 0.717) is 22.9 Å². The molecule has 1 aromatic carbocycles. The average molecular weight is 386 g/mol. The zero-order valence-corrected chi connectivity index (χ0v) is 14.3. The third-order valence-corrected chi connectivity index (χ3v) is 3.59. The van der Waals surface area contributed by atoms with Crippen LogP contribution in [0.2, 0.25) is 0 Å². The van der Waals surface area contributed by atoms with Crippen LogP contribution in [0.15, 0.2) is 24.4 Å². The number of fused-ring (bicyclic) bond motifs is 1. The predicted octanol–water partition coefficient (Wildman–Crippen LogP) is 2.38. The number of carbonyl (C=O) groups excluding carboxylic acids is 3. The fourth-order valence-corrected chi connectivity index (χ4v) is 2.32. The van der Waals surface area contributed by atoms with Crippen molar-refractivity contribution in [3.8, 4) is 5.75 Å². The van der Waals surface area contributed by atoms with Crippen molar-refractivity contribution in [3.05, 3.63) is 30.0 Å². The summed E-state index contributed by atoms with van der Waals surface area (Å²) < 4.78 is 45.4. The van der Waals surface area contributed by atoms with Crippen LogP contribution >= 0.6 is 0 Å². The minimum atomic E-state index is -5.28. The summed E-state index contributed by atoms with van der Waals surface area (Å²) in [4.78, 5) is 36.8. The summed E-state index contributed by atoms with van der Waals surface area (Å²) in [5.74, 6) is -4.23. The Hall–Kier alpha value is -2.88. The molecular weight excluding hydrogens is 369 g/mol. The number of hydrogen-bond acceptors (Lipinski definition) is 6. The van der Waals surface area contributed by atoms with E-state index in [-0.39, 0.29) is 18.6 Å². The van der Waals surface area contributed by atoms with Crippen LogP contribution in [0.25, 0.3) is 10.9 Å². The van der Waals surface area contributed by atoms with Crippen LogP contribution in [0.4, 0.5) is 13.2 Å². The lowest BCUT2D eigenvalue weighted by Gasteiger charge is -2.11. The maximum absolute atomic E-state index is 12.1. The summed E-state index contributed by atoms with van der Waals surface area (Å²) in [6.45, 7) is 1.83. The molecule has 0 radical (unpaired) electrons. The molecule has 1 atom stereocenters. The number of H-pyrrole nitrogens is 1. The van der Waals surface area contributed by atoms with Gasteiger partial charge in [0.2, 0.25) is 0 Å². The molecule has 0 amide bonds. The predicted molar refractivity (Wildman–Crippen MR) is 87.7 cm³/mol. The standard InChI is InChI=1S/C17H17F3N2O5/c1-2-3-14(23)26-10-4-5-13-11(7-10)9(8-22-13)6-12(21)15(24)27-16(25)17(18,19)20/h4-5,7-8,12,22H,2-3,6,21H2,1H3/t12-/m0/s1. The lowest BCUT2D eigenvalue weighted by Crippen LogP contribution is -2.38. The molecule has 2 aromatic rings. The van der Waals surface area contributed by atoms with Crippen molar-refractivity contribution in [2.24, 2.45) is 5.73 Å². The maximum atomic E-state index is 12.1. The molecule has 0 saturated carbocycles. The van der Waals surface area contributed by atoms with E-state index in [1.54, 1.807) is 18.2 Å². The van der Waals surface area contributed by atoms with Crippen LogP contribution in [0.1, 0.15) is 25.3 Å². The van der Waals surface area contributed by atoms with Crippen molar-refractivity contribution < 1.29 is 37.0 Å². The first kappa shape index (κ1) is 20.4. The van der Waals surface area contributed by atoms with Gasteiger partial charge in [0.25, 0.3) is 0 Å². The van der Waals surface area contributed by atoms with Crippen molar-refractivity contribution >= 4 is 28.8 Å². The van der Waals surface area contributed by atoms with E-state index in [0.717, 1.165) is 0 Å². The Balaban J connectivity index is 2.12. The third-order valence-electron chi connectivity index (χ3n) is 3.59. The van der Waals surface area contributed by atoms with Crippen molar-refractivity contribution in [2.45, 2.75) is 38.4 Å². The zero-order chi connectivity index (χ0) is 20.2. The number of rotatable bonds is 6. The lowest BCUT2D eigenvalue weighted by molar-refractivity contribution is -0.202. The molecule has 0 aliphatic carbocycles. The van der Waals surface area contributed by atoms with Gasteiger partial charge in [0.1, 0.15) is 11.8 Å². The largest absolute Gasteiger partial charge is 0.491 e. The molecule has 0 bridgehead atoms. The molecule has 1 aromatic heterocycles. The van der Waals surface area contributed by atoms with Gasteiger partial charge in [-0.05, 0) is 30.2 Å². The molecule has 146 valence electrons. The Morgan fingerprint density at radius 3 is 2.59 bits per heavy atom. The minimum absolute atomic E-state index is 0.184. The van der Waals surface area contributed by atoms with Crippen molar-refractivity contribution in [1.29, 1.82) is 0 Å². The topological polar surface area (TPSA) is 111 Å². The summed E-state index contributed by atoms with van der Waals surface area (Å²) >= 11 is 0. The fraction of sp³-hybridized carbons (Fsp3) is 0.353. The second kappa shape index (κ2) is 8.21. The Morgan fingerprint density at radius 1 is 1.26 bits per heavy atom. The molecule has 3 N–H and O–H groups in total. The quantitative estimate of drug-likeness (QED) is 0.448. The Morgan fingerprint density at radius 2 is 1.96 bits per heavy atom. The number of halogens is 3. The monoisotopic (exact) mass is 386 g/mol. The number of aromatic nitrogens is 1. The highest BCUT2D eigenvalue weighted by Crippen LogP contribution is 2.25. The highest BCUT2D eigenvalue weighted by atomic mass is 19.4. The number of nitrogens with two attached hydrogens (primary N) is 1. The molecule has 0 saturated heterocycles. The fourth-order valence-electron chi connectivity index (χ4n) is 2.32. The number of aromatic amines is 1. The number of carbonyl (C=O) groups is 3. The molecule has 7 nitrogen and oxygen atoms in total. The van der Waals surface area contributed by atoms with Gasteiger partial charge in [-0.3, -0.25) is 4.79 Å². The molecule has 10 heteroatoms. The number of benzene rings is 1. The molecule has 0 aliphatic heterocycles. The van der Waals surface area contributed by atoms with E-state index in [9.17, 15) is 27.6 Å². The molecule has 0 aliphatic rings.